The first-order valence-electron chi connectivity index (χ1n) is 8.59. The van der Waals surface area contributed by atoms with Gasteiger partial charge in [-0.3, -0.25) is 0 Å². The van der Waals surface area contributed by atoms with E-state index in [9.17, 15) is 0 Å². The predicted octanol–water partition coefficient (Wildman–Crippen LogP) is 3.76. The highest BCUT2D eigenvalue weighted by molar-refractivity contribution is 5.65. The second kappa shape index (κ2) is 8.64. The summed E-state index contributed by atoms with van der Waals surface area (Å²) in [5.74, 6) is 1.52. The van der Waals surface area contributed by atoms with Crippen molar-refractivity contribution in [3.63, 3.8) is 0 Å². The van der Waals surface area contributed by atoms with Crippen molar-refractivity contribution in [1.29, 1.82) is 0 Å². The zero-order valence-corrected chi connectivity index (χ0v) is 15.5. The Bertz CT molecular complexity index is 667. The van der Waals surface area contributed by atoms with E-state index in [0.717, 1.165) is 43.1 Å². The molecule has 0 aliphatic carbocycles. The van der Waals surface area contributed by atoms with Gasteiger partial charge in [-0.2, -0.15) is 4.98 Å². The molecule has 0 bridgehead atoms. The van der Waals surface area contributed by atoms with Crippen molar-refractivity contribution in [1.82, 2.24) is 14.9 Å². The summed E-state index contributed by atoms with van der Waals surface area (Å²) in [6, 6.07) is 8.36. The van der Waals surface area contributed by atoms with E-state index in [1.807, 2.05) is 13.0 Å². The average Bonchev–Trinajstić information content (AvgIpc) is 2.53. The summed E-state index contributed by atoms with van der Waals surface area (Å²) in [5.41, 5.74) is 4.63. The lowest BCUT2D eigenvalue weighted by atomic mass is 10.1. The van der Waals surface area contributed by atoms with Crippen molar-refractivity contribution < 1.29 is 0 Å². The second-order valence-corrected chi connectivity index (χ2v) is 6.39. The number of nitrogens with zero attached hydrogens (tertiary/aromatic N) is 3. The van der Waals surface area contributed by atoms with Gasteiger partial charge in [0.1, 0.15) is 5.82 Å². The van der Waals surface area contributed by atoms with Crippen LogP contribution in [0.15, 0.2) is 24.3 Å². The molecule has 5 heteroatoms. The van der Waals surface area contributed by atoms with Crippen molar-refractivity contribution in [3.05, 3.63) is 41.1 Å². The number of hydrogen-bond acceptors (Lipinski definition) is 5. The monoisotopic (exact) mass is 327 g/mol. The van der Waals surface area contributed by atoms with Crippen LogP contribution in [0.25, 0.3) is 0 Å². The quantitative estimate of drug-likeness (QED) is 0.723. The van der Waals surface area contributed by atoms with Crippen LogP contribution in [0.4, 0.5) is 17.5 Å². The lowest BCUT2D eigenvalue weighted by Gasteiger charge is -2.15. The molecule has 1 aromatic heterocycles. The maximum atomic E-state index is 4.62. The molecule has 0 spiro atoms. The number of para-hydroxylation sites is 1. The third kappa shape index (κ3) is 5.20. The molecule has 24 heavy (non-hydrogen) atoms. The molecule has 0 fully saturated rings. The molecule has 0 radical (unpaired) electrons. The summed E-state index contributed by atoms with van der Waals surface area (Å²) in [4.78, 5) is 11.3. The number of aromatic nitrogens is 2. The maximum Gasteiger partial charge on any atom is 0.224 e. The number of nitrogens with one attached hydrogen (secondary N) is 2. The average molecular weight is 327 g/mol. The molecule has 2 aromatic rings. The molecule has 1 aromatic carbocycles. The van der Waals surface area contributed by atoms with Gasteiger partial charge in [-0.05, 0) is 58.5 Å². The van der Waals surface area contributed by atoms with E-state index >= 15 is 0 Å². The van der Waals surface area contributed by atoms with Gasteiger partial charge in [-0.15, -0.1) is 0 Å². The highest BCUT2D eigenvalue weighted by atomic mass is 15.1. The van der Waals surface area contributed by atoms with Crippen LogP contribution in [0.3, 0.4) is 0 Å². The predicted molar refractivity (Wildman–Crippen MR) is 102 cm³/mol. The molecule has 5 nitrogen and oxygen atoms in total. The van der Waals surface area contributed by atoms with Crippen LogP contribution >= 0.6 is 0 Å². The first-order valence-corrected chi connectivity index (χ1v) is 8.59. The van der Waals surface area contributed by atoms with Crippen LogP contribution in [-0.4, -0.2) is 42.1 Å². The normalized spacial score (nSPS) is 10.9. The van der Waals surface area contributed by atoms with Gasteiger partial charge in [0.2, 0.25) is 5.95 Å². The fraction of sp³-hybridized carbons (Fsp3) is 0.474. The van der Waals surface area contributed by atoms with E-state index < -0.39 is 0 Å². The number of rotatable bonds is 8. The summed E-state index contributed by atoms with van der Waals surface area (Å²) in [6.45, 7) is 8.20. The molecule has 130 valence electrons. The zero-order chi connectivity index (χ0) is 17.5. The molecule has 0 amide bonds. The van der Waals surface area contributed by atoms with Gasteiger partial charge < -0.3 is 15.5 Å². The molecule has 0 aliphatic rings. The van der Waals surface area contributed by atoms with E-state index in [1.165, 1.54) is 11.1 Å². The Kier molecular flexibility index (Phi) is 6.55. The Morgan fingerprint density at radius 3 is 2.62 bits per heavy atom. The highest BCUT2D eigenvalue weighted by Crippen LogP contribution is 2.25. The maximum absolute atomic E-state index is 4.62. The second-order valence-electron chi connectivity index (χ2n) is 6.39. The van der Waals surface area contributed by atoms with Crippen molar-refractivity contribution in [2.24, 2.45) is 0 Å². The SMILES string of the molecule is CCc1cccc(C)c1Nc1cc(C)nc(NCCCN(C)C)n1. The van der Waals surface area contributed by atoms with Gasteiger partial charge in [-0.1, -0.05) is 25.1 Å². The van der Waals surface area contributed by atoms with E-state index in [0.29, 0.717) is 5.95 Å². The molecule has 2 N–H and O–H groups in total. The summed E-state index contributed by atoms with van der Waals surface area (Å²) in [5, 5.41) is 6.80. The first kappa shape index (κ1) is 18.2. The number of anilines is 3. The van der Waals surface area contributed by atoms with Crippen molar-refractivity contribution in [2.75, 3.05) is 37.8 Å². The highest BCUT2D eigenvalue weighted by Gasteiger charge is 2.07. The van der Waals surface area contributed by atoms with Gasteiger partial charge in [0.05, 0.1) is 0 Å². The number of hydrogen-bond donors (Lipinski definition) is 2. The molecule has 0 aliphatic heterocycles. The molecular formula is C19H29N5. The Morgan fingerprint density at radius 2 is 1.92 bits per heavy atom. The van der Waals surface area contributed by atoms with Crippen molar-refractivity contribution >= 4 is 17.5 Å². The van der Waals surface area contributed by atoms with Crippen LogP contribution in [0.5, 0.6) is 0 Å². The topological polar surface area (TPSA) is 53.1 Å². The fourth-order valence-corrected chi connectivity index (χ4v) is 2.64. The van der Waals surface area contributed by atoms with E-state index in [-0.39, 0.29) is 0 Å². The van der Waals surface area contributed by atoms with Gasteiger partial charge in [0.25, 0.3) is 0 Å². The standard InChI is InChI=1S/C19H29N5/c1-6-16-10-7-9-14(2)18(16)22-17-13-15(3)21-19(23-17)20-11-8-12-24(4)5/h7,9-10,13H,6,8,11-12H2,1-5H3,(H2,20,21,22,23). The first-order chi connectivity index (χ1) is 11.5. The third-order valence-electron chi connectivity index (χ3n) is 3.91. The van der Waals surface area contributed by atoms with E-state index in [2.05, 4.69) is 71.6 Å². The van der Waals surface area contributed by atoms with Crippen LogP contribution < -0.4 is 10.6 Å². The minimum absolute atomic E-state index is 0.683. The van der Waals surface area contributed by atoms with Gasteiger partial charge in [0, 0.05) is 24.0 Å². The van der Waals surface area contributed by atoms with Crippen LogP contribution in [-0.2, 0) is 6.42 Å². The van der Waals surface area contributed by atoms with Crippen LogP contribution in [0, 0.1) is 13.8 Å². The zero-order valence-electron chi connectivity index (χ0n) is 15.5. The fourth-order valence-electron chi connectivity index (χ4n) is 2.64. The lowest BCUT2D eigenvalue weighted by molar-refractivity contribution is 0.405. The molecule has 0 saturated carbocycles. The Morgan fingerprint density at radius 1 is 1.12 bits per heavy atom. The number of benzene rings is 1. The minimum atomic E-state index is 0.683. The summed E-state index contributed by atoms with van der Waals surface area (Å²) >= 11 is 0. The van der Waals surface area contributed by atoms with Gasteiger partial charge >= 0.3 is 0 Å². The van der Waals surface area contributed by atoms with Crippen molar-refractivity contribution in [3.8, 4) is 0 Å². The summed E-state index contributed by atoms with van der Waals surface area (Å²) < 4.78 is 0. The smallest absolute Gasteiger partial charge is 0.224 e. The van der Waals surface area contributed by atoms with Crippen LogP contribution in [0.1, 0.15) is 30.2 Å². The van der Waals surface area contributed by atoms with Crippen molar-refractivity contribution in [2.45, 2.75) is 33.6 Å². The Hall–Kier alpha value is -2.14. The van der Waals surface area contributed by atoms with Crippen LogP contribution in [0.2, 0.25) is 0 Å². The molecule has 1 heterocycles. The lowest BCUT2D eigenvalue weighted by Crippen LogP contribution is -2.17. The van der Waals surface area contributed by atoms with Gasteiger partial charge in [0.15, 0.2) is 0 Å². The summed E-state index contributed by atoms with van der Waals surface area (Å²) in [6.07, 6.45) is 2.05. The minimum Gasteiger partial charge on any atom is -0.354 e. The third-order valence-corrected chi connectivity index (χ3v) is 3.91. The molecule has 0 unspecified atom stereocenters. The van der Waals surface area contributed by atoms with E-state index in [1.54, 1.807) is 0 Å². The number of aryl methyl sites for hydroxylation is 3. The molecule has 2 rings (SSSR count). The summed E-state index contributed by atoms with van der Waals surface area (Å²) in [7, 11) is 4.16. The molecular weight excluding hydrogens is 298 g/mol. The molecule has 0 saturated heterocycles. The Labute approximate surface area is 145 Å². The largest absolute Gasteiger partial charge is 0.354 e. The Balaban J connectivity index is 2.11. The molecule has 0 atom stereocenters. The van der Waals surface area contributed by atoms with Gasteiger partial charge in [-0.25, -0.2) is 4.98 Å². The van der Waals surface area contributed by atoms with E-state index in [4.69, 9.17) is 0 Å².